The molecule has 0 bridgehead atoms. The minimum atomic E-state index is 0.144. The van der Waals surface area contributed by atoms with Crippen LogP contribution in [0.4, 0.5) is 0 Å². The Kier molecular flexibility index (Phi) is 6.44. The van der Waals surface area contributed by atoms with Gasteiger partial charge in [-0.3, -0.25) is 0 Å². The Hall–Kier alpha value is -6.59. The van der Waals surface area contributed by atoms with E-state index < -0.39 is 0 Å². The van der Waals surface area contributed by atoms with Crippen molar-refractivity contribution in [3.63, 3.8) is 0 Å². The van der Waals surface area contributed by atoms with E-state index in [0.717, 1.165) is 74.0 Å². The molecule has 52 heavy (non-hydrogen) atoms. The molecule has 0 radical (unpaired) electrons. The third kappa shape index (κ3) is 4.66. The first-order valence-electron chi connectivity index (χ1n) is 17.9. The van der Waals surface area contributed by atoms with Crippen molar-refractivity contribution in [2.24, 2.45) is 5.92 Å². The molecule has 2 atom stereocenters. The van der Waals surface area contributed by atoms with Crippen LogP contribution in [-0.4, -0.2) is 15.0 Å². The van der Waals surface area contributed by atoms with Crippen LogP contribution in [0.3, 0.4) is 0 Å². The number of nitrogens with zero attached hydrogens (tertiary/aromatic N) is 3. The van der Waals surface area contributed by atoms with Crippen LogP contribution >= 0.6 is 0 Å². The van der Waals surface area contributed by atoms with Gasteiger partial charge in [0.05, 0.1) is 0 Å². The average Bonchev–Trinajstić information content (AvgIpc) is 3.79. The summed E-state index contributed by atoms with van der Waals surface area (Å²) in [4.78, 5) is 15.6. The summed E-state index contributed by atoms with van der Waals surface area (Å²) in [6.45, 7) is 0. The maximum atomic E-state index is 6.82. The molecule has 3 aromatic heterocycles. The van der Waals surface area contributed by atoms with E-state index in [1.54, 1.807) is 0 Å². The number of furan rings is 2. The van der Waals surface area contributed by atoms with Crippen molar-refractivity contribution >= 4 is 55.1 Å². The average molecular weight is 670 g/mol. The summed E-state index contributed by atoms with van der Waals surface area (Å²) in [6.07, 6.45) is 8.48. The third-order valence-electron chi connectivity index (χ3n) is 10.9. The summed E-state index contributed by atoms with van der Waals surface area (Å²) in [6, 6.07) is 46.3. The topological polar surface area (TPSA) is 65.0 Å². The van der Waals surface area contributed by atoms with Gasteiger partial charge in [-0.25, -0.2) is 15.0 Å². The zero-order valence-electron chi connectivity index (χ0n) is 28.2. The van der Waals surface area contributed by atoms with Crippen LogP contribution in [0.1, 0.15) is 40.8 Å². The predicted octanol–water partition coefficient (Wildman–Crippen LogP) is 11.8. The van der Waals surface area contributed by atoms with E-state index in [2.05, 4.69) is 140 Å². The van der Waals surface area contributed by atoms with Crippen LogP contribution in [0.15, 0.2) is 154 Å². The van der Waals surface area contributed by atoms with Crippen molar-refractivity contribution in [3.8, 4) is 22.8 Å². The lowest BCUT2D eigenvalue weighted by Crippen LogP contribution is -2.19. The Morgan fingerprint density at radius 2 is 1.12 bits per heavy atom. The lowest BCUT2D eigenvalue weighted by molar-refractivity contribution is 0.408. The van der Waals surface area contributed by atoms with Crippen LogP contribution in [0, 0.1) is 5.92 Å². The summed E-state index contributed by atoms with van der Waals surface area (Å²) in [7, 11) is 0. The molecule has 0 fully saturated rings. The Labute approximate surface area is 299 Å². The molecule has 11 rings (SSSR count). The molecular weight excluding hydrogens is 639 g/mol. The Bertz CT molecular complexity index is 2850. The van der Waals surface area contributed by atoms with Crippen molar-refractivity contribution < 1.29 is 8.83 Å². The second-order valence-corrected chi connectivity index (χ2v) is 13.9. The van der Waals surface area contributed by atoms with E-state index in [4.69, 9.17) is 23.8 Å². The standard InChI is InChI=1S/C47H31N3O2/c1-3-11-30-25-33(19-17-28(30)9-1)45-48-46(34-20-18-29-10-2-4-12-31(29)26-34)50-47(49-45)38-23-22-35(44-43(38)37-14-6-8-16-41(37)52-44)32-21-24-42-39(27-32)36-13-5-7-15-40(36)51-42/h1-21,23-26,32,35H,22,27H2. The first-order valence-corrected chi connectivity index (χ1v) is 17.9. The Balaban J connectivity index is 1.08. The molecule has 5 heteroatoms. The van der Waals surface area contributed by atoms with Gasteiger partial charge in [0.25, 0.3) is 0 Å². The van der Waals surface area contributed by atoms with Gasteiger partial charge in [0.1, 0.15) is 22.7 Å². The van der Waals surface area contributed by atoms with Crippen molar-refractivity contribution in [2.45, 2.75) is 18.8 Å². The van der Waals surface area contributed by atoms with E-state index >= 15 is 0 Å². The van der Waals surface area contributed by atoms with Gasteiger partial charge >= 0.3 is 0 Å². The molecule has 0 aliphatic heterocycles. The lowest BCUT2D eigenvalue weighted by Gasteiger charge is -2.28. The molecule has 0 saturated carbocycles. The van der Waals surface area contributed by atoms with Crippen molar-refractivity contribution in [1.29, 1.82) is 0 Å². The van der Waals surface area contributed by atoms with Gasteiger partial charge in [-0.2, -0.15) is 0 Å². The van der Waals surface area contributed by atoms with Crippen molar-refractivity contribution in [1.82, 2.24) is 15.0 Å². The normalized spacial score (nSPS) is 16.7. The molecule has 2 aliphatic rings. The summed E-state index contributed by atoms with van der Waals surface area (Å²) in [5.41, 5.74) is 7.04. The highest BCUT2D eigenvalue weighted by molar-refractivity contribution is 5.98. The fraction of sp³-hybridized carbons (Fsp3) is 0.0851. The van der Waals surface area contributed by atoms with E-state index in [1.165, 1.54) is 21.7 Å². The van der Waals surface area contributed by atoms with Crippen molar-refractivity contribution in [2.75, 3.05) is 0 Å². The molecule has 0 amide bonds. The molecule has 0 N–H and O–H groups in total. The van der Waals surface area contributed by atoms with Gasteiger partial charge in [-0.05, 0) is 70.6 Å². The maximum absolute atomic E-state index is 6.82. The van der Waals surface area contributed by atoms with Crippen LogP contribution in [0.25, 0.3) is 77.9 Å². The monoisotopic (exact) mass is 669 g/mol. The van der Waals surface area contributed by atoms with E-state index in [0.29, 0.717) is 17.5 Å². The van der Waals surface area contributed by atoms with Crippen molar-refractivity contribution in [3.05, 3.63) is 174 Å². The SMILES string of the molecule is C1=CC(C2CC=C(c3nc(-c4ccc5ccccc5c4)nc(-c4ccc5ccccc5c4)n3)c3c2oc2ccccc32)Cc2c1oc1ccccc21. The summed E-state index contributed by atoms with van der Waals surface area (Å²) >= 11 is 0. The zero-order chi connectivity index (χ0) is 34.2. The summed E-state index contributed by atoms with van der Waals surface area (Å²) in [5, 5.41) is 6.91. The van der Waals surface area contributed by atoms with Crippen LogP contribution in [-0.2, 0) is 6.42 Å². The van der Waals surface area contributed by atoms with Gasteiger partial charge < -0.3 is 8.83 Å². The molecule has 0 spiro atoms. The molecule has 246 valence electrons. The van der Waals surface area contributed by atoms with Crippen LogP contribution < -0.4 is 0 Å². The summed E-state index contributed by atoms with van der Waals surface area (Å²) < 4.78 is 13.0. The second kappa shape index (κ2) is 11.5. The van der Waals surface area contributed by atoms with Gasteiger partial charge in [-0.15, -0.1) is 0 Å². The lowest BCUT2D eigenvalue weighted by atomic mass is 9.75. The number of hydrogen-bond donors (Lipinski definition) is 0. The summed E-state index contributed by atoms with van der Waals surface area (Å²) in [5.74, 6) is 4.27. The number of hydrogen-bond acceptors (Lipinski definition) is 5. The van der Waals surface area contributed by atoms with Crippen LogP contribution in [0.5, 0.6) is 0 Å². The molecule has 2 unspecified atom stereocenters. The quantitative estimate of drug-likeness (QED) is 0.187. The molecule has 3 heterocycles. The number of aromatic nitrogens is 3. The number of fused-ring (bicyclic) bond motifs is 8. The van der Waals surface area contributed by atoms with E-state index in [1.807, 2.05) is 12.1 Å². The first kappa shape index (κ1) is 29.2. The highest BCUT2D eigenvalue weighted by Gasteiger charge is 2.36. The zero-order valence-corrected chi connectivity index (χ0v) is 28.2. The van der Waals surface area contributed by atoms with Gasteiger partial charge in [0.15, 0.2) is 17.5 Å². The molecule has 9 aromatic rings. The highest BCUT2D eigenvalue weighted by atomic mass is 16.3. The molecular formula is C47H31N3O2. The number of benzene rings is 6. The minimum absolute atomic E-state index is 0.144. The predicted molar refractivity (Wildman–Crippen MR) is 209 cm³/mol. The molecule has 5 nitrogen and oxygen atoms in total. The molecule has 2 aliphatic carbocycles. The number of rotatable bonds is 4. The Morgan fingerprint density at radius 3 is 1.81 bits per heavy atom. The number of para-hydroxylation sites is 2. The first-order chi connectivity index (χ1) is 25.7. The van der Waals surface area contributed by atoms with Crippen LogP contribution in [0.2, 0.25) is 0 Å². The van der Waals surface area contributed by atoms with Gasteiger partial charge in [-0.1, -0.05) is 121 Å². The highest BCUT2D eigenvalue weighted by Crippen LogP contribution is 2.48. The number of allylic oxidation sites excluding steroid dienone is 2. The van der Waals surface area contributed by atoms with Gasteiger partial charge in [0, 0.05) is 44.5 Å². The third-order valence-corrected chi connectivity index (χ3v) is 10.9. The van der Waals surface area contributed by atoms with E-state index in [9.17, 15) is 0 Å². The molecule has 0 saturated heterocycles. The maximum Gasteiger partial charge on any atom is 0.164 e. The fourth-order valence-electron chi connectivity index (χ4n) is 8.29. The molecule has 6 aromatic carbocycles. The largest absolute Gasteiger partial charge is 0.460 e. The Morgan fingerprint density at radius 1 is 0.538 bits per heavy atom. The minimum Gasteiger partial charge on any atom is -0.460 e. The van der Waals surface area contributed by atoms with E-state index in [-0.39, 0.29) is 11.8 Å². The van der Waals surface area contributed by atoms with Gasteiger partial charge in [0.2, 0.25) is 0 Å². The smallest absolute Gasteiger partial charge is 0.164 e. The fourth-order valence-corrected chi connectivity index (χ4v) is 8.29. The second-order valence-electron chi connectivity index (χ2n) is 13.9.